The summed E-state index contributed by atoms with van der Waals surface area (Å²) in [5.41, 5.74) is 10.5. The van der Waals surface area contributed by atoms with E-state index in [-0.39, 0.29) is 23.0 Å². The van der Waals surface area contributed by atoms with E-state index in [0.29, 0.717) is 46.1 Å². The highest BCUT2D eigenvalue weighted by Crippen LogP contribution is 2.38. The van der Waals surface area contributed by atoms with Crippen molar-refractivity contribution in [1.82, 2.24) is 14.5 Å². The molecule has 3 aromatic rings. The van der Waals surface area contributed by atoms with Crippen molar-refractivity contribution in [3.63, 3.8) is 0 Å². The van der Waals surface area contributed by atoms with Gasteiger partial charge in [-0.25, -0.2) is 17.8 Å². The molecule has 0 unspecified atom stereocenters. The fraction of sp³-hybridized carbons (Fsp3) is 0.179. The Labute approximate surface area is 231 Å². The lowest BCUT2D eigenvalue weighted by atomic mass is 9.88. The molecular weight excluding hydrogens is 538 g/mol. The van der Waals surface area contributed by atoms with E-state index in [4.69, 9.17) is 17.3 Å². The highest BCUT2D eigenvalue weighted by molar-refractivity contribution is 7.89. The number of rotatable bonds is 8. The molecule has 200 valence electrons. The average Bonchev–Trinajstić information content (AvgIpc) is 3.33. The minimum Gasteiger partial charge on any atom is -0.364 e. The summed E-state index contributed by atoms with van der Waals surface area (Å²) in [6.45, 7) is 3.63. The van der Waals surface area contributed by atoms with Gasteiger partial charge in [-0.3, -0.25) is 9.59 Å². The number of hydrogen-bond donors (Lipinski definition) is 3. The number of nitrogens with one attached hydrogen (secondary N) is 2. The van der Waals surface area contributed by atoms with Crippen LogP contribution in [0.2, 0.25) is 0 Å². The van der Waals surface area contributed by atoms with Crippen LogP contribution in [0.3, 0.4) is 0 Å². The molecule has 0 atom stereocenters. The van der Waals surface area contributed by atoms with Crippen molar-refractivity contribution in [2.24, 2.45) is 5.73 Å². The fourth-order valence-corrected chi connectivity index (χ4v) is 6.03. The van der Waals surface area contributed by atoms with E-state index in [2.05, 4.69) is 21.7 Å². The van der Waals surface area contributed by atoms with Gasteiger partial charge in [0, 0.05) is 28.4 Å². The zero-order valence-electron chi connectivity index (χ0n) is 20.9. The average molecular weight is 564 g/mol. The highest BCUT2D eigenvalue weighted by Gasteiger charge is 2.29. The Morgan fingerprint density at radius 3 is 2.54 bits per heavy atom. The van der Waals surface area contributed by atoms with Gasteiger partial charge in [-0.1, -0.05) is 35.9 Å². The number of nitrogens with zero attached hydrogens (tertiary/aromatic N) is 2. The number of halogens is 1. The SMILES string of the molecule is C=CCNS(=O)(=O)c1ccc(-n2nc(C(N)=O)c3c2-c2cc(NC(=O)C4=CCCC=C4Cl)ccc2CC3)cc1. The number of fused-ring (bicyclic) bond motifs is 3. The maximum Gasteiger partial charge on any atom is 0.269 e. The number of benzene rings is 2. The molecule has 0 saturated carbocycles. The molecule has 2 aromatic carbocycles. The predicted octanol–water partition coefficient (Wildman–Crippen LogP) is 3.98. The lowest BCUT2D eigenvalue weighted by molar-refractivity contribution is -0.112. The summed E-state index contributed by atoms with van der Waals surface area (Å²) in [6, 6.07) is 11.8. The number of primary amides is 1. The fourth-order valence-electron chi connectivity index (χ4n) is 4.76. The smallest absolute Gasteiger partial charge is 0.269 e. The standard InChI is InChI=1S/C28H26ClN5O4S/c1-2-15-31-39(37,38)20-12-10-19(11-13-20)34-26-22(25(33-34)27(30)35)14-8-17-7-9-18(16-23(17)26)32-28(36)21-5-3-4-6-24(21)29/h2,5-7,9-13,16,31H,1,3-4,8,14-15H2,(H2,30,35)(H,32,36). The van der Waals surface area contributed by atoms with Gasteiger partial charge < -0.3 is 11.1 Å². The molecule has 0 fully saturated rings. The van der Waals surface area contributed by atoms with Gasteiger partial charge in [0.05, 0.1) is 21.8 Å². The molecular formula is C28H26ClN5O4S. The third kappa shape index (κ3) is 5.18. The van der Waals surface area contributed by atoms with Crippen molar-refractivity contribution in [2.45, 2.75) is 30.6 Å². The zero-order valence-corrected chi connectivity index (χ0v) is 22.5. The first-order chi connectivity index (χ1) is 18.7. The second-order valence-electron chi connectivity index (χ2n) is 9.16. The number of sulfonamides is 1. The van der Waals surface area contributed by atoms with E-state index < -0.39 is 15.9 Å². The van der Waals surface area contributed by atoms with Crippen molar-refractivity contribution >= 4 is 39.1 Å². The van der Waals surface area contributed by atoms with Gasteiger partial charge in [0.15, 0.2) is 5.69 Å². The van der Waals surface area contributed by atoms with E-state index in [1.54, 1.807) is 16.8 Å². The number of hydrogen-bond acceptors (Lipinski definition) is 5. The number of carbonyl (C=O) groups excluding carboxylic acids is 2. The summed E-state index contributed by atoms with van der Waals surface area (Å²) >= 11 is 6.24. The maximum absolute atomic E-state index is 12.9. The second kappa shape index (κ2) is 10.6. The van der Waals surface area contributed by atoms with Crippen molar-refractivity contribution in [2.75, 3.05) is 11.9 Å². The van der Waals surface area contributed by atoms with Gasteiger partial charge in [-0.05, 0) is 67.6 Å². The molecule has 5 rings (SSSR count). The first kappa shape index (κ1) is 26.6. The van der Waals surface area contributed by atoms with Gasteiger partial charge in [0.2, 0.25) is 10.0 Å². The van der Waals surface area contributed by atoms with Crippen LogP contribution in [0.25, 0.3) is 16.9 Å². The quantitative estimate of drug-likeness (QED) is 0.356. The number of allylic oxidation sites excluding steroid dienone is 2. The molecule has 9 nitrogen and oxygen atoms in total. The van der Waals surface area contributed by atoms with Gasteiger partial charge in [-0.2, -0.15) is 5.10 Å². The molecule has 39 heavy (non-hydrogen) atoms. The van der Waals surface area contributed by atoms with Crippen molar-refractivity contribution in [1.29, 1.82) is 0 Å². The Bertz CT molecular complexity index is 1670. The summed E-state index contributed by atoms with van der Waals surface area (Å²) in [6.07, 6.45) is 7.85. The molecule has 0 saturated heterocycles. The first-order valence-electron chi connectivity index (χ1n) is 12.3. The maximum atomic E-state index is 12.9. The molecule has 1 heterocycles. The molecule has 0 aliphatic heterocycles. The number of nitrogens with two attached hydrogens (primary N) is 1. The number of aryl methyl sites for hydroxylation is 1. The Hall–Kier alpha value is -3.99. The Balaban J connectivity index is 1.55. The lowest BCUT2D eigenvalue weighted by Crippen LogP contribution is -2.23. The largest absolute Gasteiger partial charge is 0.364 e. The van der Waals surface area contributed by atoms with Crippen LogP contribution in [-0.2, 0) is 27.7 Å². The van der Waals surface area contributed by atoms with Crippen LogP contribution in [0.5, 0.6) is 0 Å². The van der Waals surface area contributed by atoms with Gasteiger partial charge in [-0.15, -0.1) is 6.58 Å². The van der Waals surface area contributed by atoms with Crippen LogP contribution in [-0.4, -0.2) is 36.6 Å². The zero-order chi connectivity index (χ0) is 27.7. The van der Waals surface area contributed by atoms with Crippen LogP contribution in [0.15, 0.2) is 82.8 Å². The Morgan fingerprint density at radius 1 is 1.10 bits per heavy atom. The third-order valence-corrected chi connectivity index (χ3v) is 8.43. The van der Waals surface area contributed by atoms with Crippen LogP contribution in [0.1, 0.15) is 34.5 Å². The topological polar surface area (TPSA) is 136 Å². The molecule has 1 aromatic heterocycles. The minimum atomic E-state index is -3.71. The van der Waals surface area contributed by atoms with E-state index >= 15 is 0 Å². The summed E-state index contributed by atoms with van der Waals surface area (Å²) in [4.78, 5) is 25.3. The van der Waals surface area contributed by atoms with E-state index in [0.717, 1.165) is 24.0 Å². The van der Waals surface area contributed by atoms with E-state index in [1.165, 1.54) is 18.2 Å². The normalized spacial score (nSPS) is 14.5. The summed E-state index contributed by atoms with van der Waals surface area (Å²) in [7, 11) is -3.71. The van der Waals surface area contributed by atoms with Crippen LogP contribution in [0.4, 0.5) is 5.69 Å². The van der Waals surface area contributed by atoms with Gasteiger partial charge in [0.25, 0.3) is 11.8 Å². The second-order valence-corrected chi connectivity index (χ2v) is 11.3. The summed E-state index contributed by atoms with van der Waals surface area (Å²) in [5.74, 6) is -0.962. The van der Waals surface area contributed by atoms with E-state index in [1.807, 2.05) is 30.4 Å². The van der Waals surface area contributed by atoms with Crippen LogP contribution in [0, 0.1) is 0 Å². The minimum absolute atomic E-state index is 0.0828. The van der Waals surface area contributed by atoms with Crippen LogP contribution < -0.4 is 15.8 Å². The summed E-state index contributed by atoms with van der Waals surface area (Å²) < 4.78 is 29.0. The molecule has 4 N–H and O–H groups in total. The highest BCUT2D eigenvalue weighted by atomic mass is 35.5. The number of amides is 2. The molecule has 11 heteroatoms. The molecule has 0 bridgehead atoms. The number of carbonyl (C=O) groups is 2. The third-order valence-electron chi connectivity index (χ3n) is 6.63. The Kier molecular flexibility index (Phi) is 7.26. The first-order valence-corrected chi connectivity index (χ1v) is 14.2. The van der Waals surface area contributed by atoms with Crippen molar-refractivity contribution in [3.05, 3.63) is 94.7 Å². The molecule has 2 amide bonds. The Morgan fingerprint density at radius 2 is 1.85 bits per heavy atom. The van der Waals surface area contributed by atoms with Gasteiger partial charge >= 0.3 is 0 Å². The molecule has 0 spiro atoms. The lowest BCUT2D eigenvalue weighted by Gasteiger charge is -2.20. The monoisotopic (exact) mass is 563 g/mol. The molecule has 2 aliphatic rings. The van der Waals surface area contributed by atoms with Crippen molar-refractivity contribution in [3.8, 4) is 16.9 Å². The number of anilines is 1. The van der Waals surface area contributed by atoms with Crippen molar-refractivity contribution < 1.29 is 18.0 Å². The predicted molar refractivity (Wildman–Crippen MR) is 150 cm³/mol. The number of aromatic nitrogens is 2. The molecule has 0 radical (unpaired) electrons. The van der Waals surface area contributed by atoms with Gasteiger partial charge in [0.1, 0.15) is 0 Å². The molecule has 2 aliphatic carbocycles. The van der Waals surface area contributed by atoms with Crippen LogP contribution >= 0.6 is 11.6 Å². The summed E-state index contributed by atoms with van der Waals surface area (Å²) in [5, 5.41) is 7.86. The van der Waals surface area contributed by atoms with E-state index in [9.17, 15) is 18.0 Å².